The van der Waals surface area contributed by atoms with Gasteiger partial charge < -0.3 is 19.5 Å². The largest absolute Gasteiger partial charge is 0.481 e. The number of hydrogen-bond donors (Lipinski definition) is 1. The van der Waals surface area contributed by atoms with Gasteiger partial charge in [-0.05, 0) is 31.5 Å². The summed E-state index contributed by atoms with van der Waals surface area (Å²) in [7, 11) is 0. The van der Waals surface area contributed by atoms with Crippen molar-refractivity contribution in [2.45, 2.75) is 32.5 Å². The molecule has 2 atom stereocenters. The summed E-state index contributed by atoms with van der Waals surface area (Å²) in [5.74, 6) is -0.431. The van der Waals surface area contributed by atoms with Crippen molar-refractivity contribution in [1.82, 2.24) is 4.90 Å². The lowest BCUT2D eigenvalue weighted by atomic mass is 10.2. The number of hydrogen-bond acceptors (Lipinski definition) is 4. The van der Waals surface area contributed by atoms with Gasteiger partial charge in [-0.3, -0.25) is 9.59 Å². The van der Waals surface area contributed by atoms with Crippen LogP contribution in [0.5, 0.6) is 5.75 Å². The maximum atomic E-state index is 12.4. The number of carboxylic acids is 1. The van der Waals surface area contributed by atoms with Gasteiger partial charge in [0.1, 0.15) is 5.75 Å². The lowest BCUT2D eigenvalue weighted by molar-refractivity contribution is -0.151. The molecule has 1 amide bonds. The monoisotopic (exact) mass is 307 g/mol. The average Bonchev–Trinajstić information content (AvgIpc) is 2.46. The van der Waals surface area contributed by atoms with E-state index in [1.165, 1.54) is 0 Å². The number of nitrogens with zero attached hydrogens (tertiary/aromatic N) is 1. The number of carboxylic acid groups (broad SMARTS) is 1. The molecule has 22 heavy (non-hydrogen) atoms. The zero-order valence-electron chi connectivity index (χ0n) is 12.8. The van der Waals surface area contributed by atoms with E-state index in [2.05, 4.69) is 0 Å². The van der Waals surface area contributed by atoms with Crippen LogP contribution >= 0.6 is 0 Å². The molecule has 0 spiro atoms. The molecule has 1 saturated heterocycles. The van der Waals surface area contributed by atoms with Crippen LogP contribution in [-0.4, -0.2) is 53.8 Å². The Morgan fingerprint density at radius 3 is 2.95 bits per heavy atom. The van der Waals surface area contributed by atoms with Crippen LogP contribution in [0.4, 0.5) is 0 Å². The Balaban J connectivity index is 1.93. The quantitative estimate of drug-likeness (QED) is 0.891. The summed E-state index contributed by atoms with van der Waals surface area (Å²) in [5.41, 5.74) is 1.06. The van der Waals surface area contributed by atoms with E-state index in [9.17, 15) is 9.59 Å². The van der Waals surface area contributed by atoms with Crippen molar-refractivity contribution < 1.29 is 24.2 Å². The Labute approximate surface area is 129 Å². The first kappa shape index (κ1) is 16.3. The first-order chi connectivity index (χ1) is 10.5. The molecule has 1 fully saturated rings. The fourth-order valence-electron chi connectivity index (χ4n) is 2.44. The number of aryl methyl sites for hydroxylation is 1. The fourth-order valence-corrected chi connectivity index (χ4v) is 2.44. The zero-order chi connectivity index (χ0) is 16.1. The molecule has 1 aliphatic rings. The Bertz CT molecular complexity index is 545. The third kappa shape index (κ3) is 4.46. The van der Waals surface area contributed by atoms with Crippen molar-refractivity contribution in [2.24, 2.45) is 0 Å². The number of benzene rings is 1. The van der Waals surface area contributed by atoms with Gasteiger partial charge in [0.15, 0.2) is 6.10 Å². The van der Waals surface area contributed by atoms with Gasteiger partial charge in [-0.15, -0.1) is 0 Å². The first-order valence-corrected chi connectivity index (χ1v) is 7.31. The molecule has 1 N–H and O–H groups in total. The van der Waals surface area contributed by atoms with E-state index in [4.69, 9.17) is 14.6 Å². The minimum absolute atomic E-state index is 0.100. The van der Waals surface area contributed by atoms with Crippen molar-refractivity contribution in [3.05, 3.63) is 29.8 Å². The predicted molar refractivity (Wildman–Crippen MR) is 79.8 cm³/mol. The third-order valence-corrected chi connectivity index (χ3v) is 3.50. The highest BCUT2D eigenvalue weighted by Crippen LogP contribution is 2.16. The van der Waals surface area contributed by atoms with E-state index >= 15 is 0 Å². The van der Waals surface area contributed by atoms with Gasteiger partial charge in [0.2, 0.25) is 0 Å². The van der Waals surface area contributed by atoms with Gasteiger partial charge in [0.25, 0.3) is 5.91 Å². The molecule has 0 aromatic heterocycles. The molecular weight excluding hydrogens is 286 g/mol. The van der Waals surface area contributed by atoms with Crippen LogP contribution < -0.4 is 4.74 Å². The van der Waals surface area contributed by atoms with Crippen LogP contribution in [0.1, 0.15) is 18.9 Å². The van der Waals surface area contributed by atoms with Gasteiger partial charge in [-0.1, -0.05) is 12.1 Å². The summed E-state index contributed by atoms with van der Waals surface area (Å²) < 4.78 is 11.0. The minimum atomic E-state index is -0.927. The molecular formula is C16H21NO5. The molecule has 2 rings (SSSR count). The molecule has 120 valence electrons. The molecule has 1 aromatic carbocycles. The van der Waals surface area contributed by atoms with E-state index in [0.717, 1.165) is 5.56 Å². The predicted octanol–water partition coefficient (Wildman–Crippen LogP) is 1.46. The second kappa shape index (κ2) is 7.26. The van der Waals surface area contributed by atoms with Crippen LogP contribution in [0.25, 0.3) is 0 Å². The van der Waals surface area contributed by atoms with E-state index in [-0.39, 0.29) is 18.9 Å². The molecule has 1 aromatic rings. The summed E-state index contributed by atoms with van der Waals surface area (Å²) in [6.45, 7) is 4.74. The standard InChI is InChI=1S/C16H21NO5/c1-11-4-3-5-13(8-11)22-12(2)16(20)17-6-7-21-14(10-17)9-15(18)19/h3-5,8,12,14H,6-7,9-10H2,1-2H3,(H,18,19). The third-order valence-electron chi connectivity index (χ3n) is 3.50. The van der Waals surface area contributed by atoms with Crippen LogP contribution in [0.3, 0.4) is 0 Å². The smallest absolute Gasteiger partial charge is 0.306 e. The number of ether oxygens (including phenoxy) is 2. The van der Waals surface area contributed by atoms with E-state index < -0.39 is 18.2 Å². The topological polar surface area (TPSA) is 76.1 Å². The van der Waals surface area contributed by atoms with Crippen molar-refractivity contribution >= 4 is 11.9 Å². The Morgan fingerprint density at radius 1 is 1.50 bits per heavy atom. The van der Waals surface area contributed by atoms with Crippen molar-refractivity contribution in [2.75, 3.05) is 19.7 Å². The average molecular weight is 307 g/mol. The van der Waals surface area contributed by atoms with Gasteiger partial charge >= 0.3 is 5.97 Å². The van der Waals surface area contributed by atoms with Crippen LogP contribution in [-0.2, 0) is 14.3 Å². The maximum absolute atomic E-state index is 12.4. The number of carbonyl (C=O) groups excluding carboxylic acids is 1. The van der Waals surface area contributed by atoms with Gasteiger partial charge in [0.05, 0.1) is 19.1 Å². The highest BCUT2D eigenvalue weighted by molar-refractivity contribution is 5.81. The van der Waals surface area contributed by atoms with Crippen LogP contribution in [0.2, 0.25) is 0 Å². The number of amides is 1. The summed E-state index contributed by atoms with van der Waals surface area (Å²) >= 11 is 0. The zero-order valence-corrected chi connectivity index (χ0v) is 12.8. The minimum Gasteiger partial charge on any atom is -0.481 e. The van der Waals surface area contributed by atoms with Gasteiger partial charge in [-0.2, -0.15) is 0 Å². The maximum Gasteiger partial charge on any atom is 0.306 e. The molecule has 1 aliphatic heterocycles. The molecule has 6 heteroatoms. The van der Waals surface area contributed by atoms with E-state index in [1.807, 2.05) is 31.2 Å². The highest BCUT2D eigenvalue weighted by Gasteiger charge is 2.29. The van der Waals surface area contributed by atoms with Crippen LogP contribution in [0, 0.1) is 6.92 Å². The Morgan fingerprint density at radius 2 is 2.27 bits per heavy atom. The molecule has 0 aliphatic carbocycles. The van der Waals surface area contributed by atoms with Gasteiger partial charge in [-0.25, -0.2) is 0 Å². The second-order valence-corrected chi connectivity index (χ2v) is 5.45. The molecule has 1 heterocycles. The van der Waals surface area contributed by atoms with E-state index in [0.29, 0.717) is 18.9 Å². The number of carbonyl (C=O) groups is 2. The molecule has 2 unspecified atom stereocenters. The number of rotatable bonds is 5. The Hall–Kier alpha value is -2.08. The molecule has 0 saturated carbocycles. The summed E-state index contributed by atoms with van der Waals surface area (Å²) in [5, 5.41) is 8.81. The number of aliphatic carboxylic acids is 1. The fraction of sp³-hybridized carbons (Fsp3) is 0.500. The molecule has 0 radical (unpaired) electrons. The lowest BCUT2D eigenvalue weighted by Crippen LogP contribution is -2.50. The van der Waals surface area contributed by atoms with Crippen molar-refractivity contribution in [1.29, 1.82) is 0 Å². The molecule has 0 bridgehead atoms. The van der Waals surface area contributed by atoms with E-state index in [1.54, 1.807) is 11.8 Å². The van der Waals surface area contributed by atoms with Gasteiger partial charge in [0, 0.05) is 13.1 Å². The highest BCUT2D eigenvalue weighted by atomic mass is 16.5. The first-order valence-electron chi connectivity index (χ1n) is 7.31. The summed E-state index contributed by atoms with van der Waals surface area (Å²) in [6, 6.07) is 7.51. The van der Waals surface area contributed by atoms with Crippen molar-refractivity contribution in [3.8, 4) is 5.75 Å². The number of morpholine rings is 1. The SMILES string of the molecule is Cc1cccc(OC(C)C(=O)N2CCOC(CC(=O)O)C2)c1. The second-order valence-electron chi connectivity index (χ2n) is 5.45. The molecule has 6 nitrogen and oxygen atoms in total. The van der Waals surface area contributed by atoms with Crippen LogP contribution in [0.15, 0.2) is 24.3 Å². The lowest BCUT2D eigenvalue weighted by Gasteiger charge is -2.33. The summed E-state index contributed by atoms with van der Waals surface area (Å²) in [6.07, 6.45) is -1.18. The Kier molecular flexibility index (Phi) is 5.38. The summed E-state index contributed by atoms with van der Waals surface area (Å²) in [4.78, 5) is 24.8. The normalized spacial score (nSPS) is 19.5. The van der Waals surface area contributed by atoms with Crippen molar-refractivity contribution in [3.63, 3.8) is 0 Å².